The second kappa shape index (κ2) is 3.53. The van der Waals surface area contributed by atoms with Gasteiger partial charge in [0.15, 0.2) is 0 Å². The quantitative estimate of drug-likeness (QED) is 0.430. The molecule has 0 aliphatic rings. The van der Waals surface area contributed by atoms with Crippen LogP contribution in [0.2, 0.25) is 0 Å². The van der Waals surface area contributed by atoms with Crippen molar-refractivity contribution in [2.24, 2.45) is 0 Å². The van der Waals surface area contributed by atoms with E-state index >= 15 is 0 Å². The van der Waals surface area contributed by atoms with Gasteiger partial charge in [-0.3, -0.25) is 0 Å². The zero-order chi connectivity index (χ0) is 6.62. The predicted octanol–water partition coefficient (Wildman–Crippen LogP) is 0.236. The molecule has 0 heterocycles. The van der Waals surface area contributed by atoms with Gasteiger partial charge >= 0.3 is 8.47 Å². The lowest BCUT2D eigenvalue weighted by Crippen LogP contribution is -2.35. The summed E-state index contributed by atoms with van der Waals surface area (Å²) in [5.41, 5.74) is 0. The van der Waals surface area contributed by atoms with E-state index in [4.69, 9.17) is 13.3 Å². The SMILES string of the molecule is CO[Si](P)(OC)OC. The highest BCUT2D eigenvalue weighted by atomic mass is 31.3. The van der Waals surface area contributed by atoms with Gasteiger partial charge in [-0.2, -0.15) is 0 Å². The Kier molecular flexibility index (Phi) is 3.77. The minimum atomic E-state index is -2.25. The summed E-state index contributed by atoms with van der Waals surface area (Å²) in [6.07, 6.45) is 0. The molecule has 50 valence electrons. The Bertz CT molecular complexity index is 57.3. The molecule has 8 heavy (non-hydrogen) atoms. The van der Waals surface area contributed by atoms with Gasteiger partial charge in [0.1, 0.15) is 0 Å². The van der Waals surface area contributed by atoms with Crippen LogP contribution in [0.5, 0.6) is 0 Å². The molecule has 0 bridgehead atoms. The molecular weight excluding hydrogens is 143 g/mol. The standard InChI is InChI=1S/C3H11O3PSi/c1-4-8(7,5-2)6-3/h7H2,1-3H3. The molecule has 3 nitrogen and oxygen atoms in total. The summed E-state index contributed by atoms with van der Waals surface area (Å²) in [5.74, 6) is 0. The Labute approximate surface area is 52.7 Å². The normalized spacial score (nSPS) is 12.0. The fourth-order valence-electron chi connectivity index (χ4n) is 0.250. The van der Waals surface area contributed by atoms with Gasteiger partial charge in [0.2, 0.25) is 0 Å². The summed E-state index contributed by atoms with van der Waals surface area (Å²) in [6, 6.07) is 0. The second-order valence-corrected chi connectivity index (χ2v) is 5.77. The Hall–Kier alpha value is 0.527. The van der Waals surface area contributed by atoms with E-state index in [1.54, 1.807) is 21.3 Å². The maximum atomic E-state index is 4.89. The van der Waals surface area contributed by atoms with Gasteiger partial charge in [-0.05, 0) is 0 Å². The van der Waals surface area contributed by atoms with Crippen molar-refractivity contribution < 1.29 is 13.3 Å². The lowest BCUT2D eigenvalue weighted by molar-refractivity contribution is 0.152. The van der Waals surface area contributed by atoms with Gasteiger partial charge in [-0.15, -0.1) is 0 Å². The first-order chi connectivity index (χ1) is 3.68. The third kappa shape index (κ3) is 2.20. The van der Waals surface area contributed by atoms with Crippen LogP contribution in [0, 0.1) is 0 Å². The number of rotatable bonds is 3. The Morgan fingerprint density at radius 1 is 1.00 bits per heavy atom. The second-order valence-electron chi connectivity index (χ2n) is 1.22. The highest BCUT2D eigenvalue weighted by Gasteiger charge is 2.30. The molecule has 5 heteroatoms. The van der Waals surface area contributed by atoms with E-state index in [0.29, 0.717) is 0 Å². The number of hydrogen-bond donors (Lipinski definition) is 0. The lowest BCUT2D eigenvalue weighted by atomic mass is 11.8. The molecule has 0 aliphatic carbocycles. The van der Waals surface area contributed by atoms with Crippen LogP contribution in [0.4, 0.5) is 0 Å². The molecule has 0 saturated carbocycles. The van der Waals surface area contributed by atoms with E-state index in [9.17, 15) is 0 Å². The molecule has 0 N–H and O–H groups in total. The maximum Gasteiger partial charge on any atom is 0.519 e. The molecule has 0 aromatic carbocycles. The molecule has 0 aromatic rings. The monoisotopic (exact) mass is 154 g/mol. The molecule has 0 aromatic heterocycles. The molecule has 0 radical (unpaired) electrons. The highest BCUT2D eigenvalue weighted by Crippen LogP contribution is 2.12. The van der Waals surface area contributed by atoms with Crippen LogP contribution in [0.3, 0.4) is 0 Å². The first-order valence-corrected chi connectivity index (χ1v) is 5.66. The molecule has 1 atom stereocenters. The summed E-state index contributed by atoms with van der Waals surface area (Å²) in [7, 11) is 4.85. The topological polar surface area (TPSA) is 27.7 Å². The van der Waals surface area contributed by atoms with E-state index < -0.39 is 8.47 Å². The fourth-order valence-corrected chi connectivity index (χ4v) is 0.750. The van der Waals surface area contributed by atoms with Crippen LogP contribution < -0.4 is 0 Å². The fraction of sp³-hybridized carbons (Fsp3) is 1.00. The van der Waals surface area contributed by atoms with Gasteiger partial charge in [0.25, 0.3) is 0 Å². The Morgan fingerprint density at radius 3 is 1.25 bits per heavy atom. The molecule has 0 fully saturated rings. The van der Waals surface area contributed by atoms with Crippen molar-refractivity contribution in [2.75, 3.05) is 21.3 Å². The Balaban J connectivity index is 3.58. The molecule has 0 aliphatic heterocycles. The Morgan fingerprint density at radius 2 is 1.25 bits per heavy atom. The average Bonchev–Trinajstić information content (AvgIpc) is 1.87. The zero-order valence-corrected chi connectivity index (χ0v) is 7.46. The summed E-state index contributed by atoms with van der Waals surface area (Å²) >= 11 is 0. The minimum Gasteiger partial charge on any atom is -0.374 e. The van der Waals surface area contributed by atoms with Crippen LogP contribution in [0.15, 0.2) is 0 Å². The van der Waals surface area contributed by atoms with Crippen molar-refractivity contribution in [3.8, 4) is 0 Å². The smallest absolute Gasteiger partial charge is 0.374 e. The van der Waals surface area contributed by atoms with Crippen molar-refractivity contribution in [3.63, 3.8) is 0 Å². The van der Waals surface area contributed by atoms with E-state index in [2.05, 4.69) is 8.79 Å². The van der Waals surface area contributed by atoms with Gasteiger partial charge in [0, 0.05) is 21.3 Å². The molecule has 0 spiro atoms. The first kappa shape index (κ1) is 8.53. The lowest BCUT2D eigenvalue weighted by Gasteiger charge is -2.18. The molecule has 1 unspecified atom stereocenters. The summed E-state index contributed by atoms with van der Waals surface area (Å²) in [6.45, 7) is 0. The van der Waals surface area contributed by atoms with Crippen LogP contribution in [-0.4, -0.2) is 29.8 Å². The molecule has 0 rings (SSSR count). The van der Waals surface area contributed by atoms with Crippen molar-refractivity contribution in [1.29, 1.82) is 0 Å². The third-order valence-electron chi connectivity index (χ3n) is 0.854. The third-order valence-corrected chi connectivity index (χ3v) is 4.68. The largest absolute Gasteiger partial charge is 0.519 e. The van der Waals surface area contributed by atoms with Crippen molar-refractivity contribution >= 4 is 17.3 Å². The van der Waals surface area contributed by atoms with E-state index in [-0.39, 0.29) is 0 Å². The predicted molar refractivity (Wildman–Crippen MR) is 36.5 cm³/mol. The highest BCUT2D eigenvalue weighted by molar-refractivity contribution is 7.63. The molecule has 0 amide bonds. The minimum absolute atomic E-state index is 1.56. The molecule has 0 saturated heterocycles. The van der Waals surface area contributed by atoms with Crippen molar-refractivity contribution in [3.05, 3.63) is 0 Å². The van der Waals surface area contributed by atoms with E-state index in [1.807, 2.05) is 0 Å². The number of hydrogen-bond acceptors (Lipinski definition) is 3. The van der Waals surface area contributed by atoms with Gasteiger partial charge in [0.05, 0.1) is 0 Å². The zero-order valence-electron chi connectivity index (χ0n) is 5.30. The molecular formula is C3H11O3PSi. The summed E-state index contributed by atoms with van der Waals surface area (Å²) in [5, 5.41) is 0. The summed E-state index contributed by atoms with van der Waals surface area (Å²) in [4.78, 5) is 0. The van der Waals surface area contributed by atoms with E-state index in [1.165, 1.54) is 0 Å². The van der Waals surface area contributed by atoms with E-state index in [0.717, 1.165) is 0 Å². The van der Waals surface area contributed by atoms with Crippen molar-refractivity contribution in [1.82, 2.24) is 0 Å². The van der Waals surface area contributed by atoms with Crippen molar-refractivity contribution in [2.45, 2.75) is 0 Å². The van der Waals surface area contributed by atoms with Crippen LogP contribution >= 0.6 is 8.79 Å². The first-order valence-electron chi connectivity index (χ1n) is 2.13. The van der Waals surface area contributed by atoms with Gasteiger partial charge < -0.3 is 13.3 Å². The van der Waals surface area contributed by atoms with Crippen LogP contribution in [0.1, 0.15) is 0 Å². The van der Waals surface area contributed by atoms with Crippen LogP contribution in [-0.2, 0) is 13.3 Å². The van der Waals surface area contributed by atoms with Gasteiger partial charge in [-0.1, -0.05) is 8.79 Å². The maximum absolute atomic E-state index is 4.89. The van der Waals surface area contributed by atoms with Gasteiger partial charge in [-0.25, -0.2) is 0 Å². The van der Waals surface area contributed by atoms with Crippen LogP contribution in [0.25, 0.3) is 0 Å². The summed E-state index contributed by atoms with van der Waals surface area (Å²) < 4.78 is 14.7. The average molecular weight is 154 g/mol.